The van der Waals surface area contributed by atoms with Gasteiger partial charge in [0.05, 0.1) is 5.57 Å². The summed E-state index contributed by atoms with van der Waals surface area (Å²) < 4.78 is 13.5. The zero-order valence-corrected chi connectivity index (χ0v) is 7.85. The molecule has 0 bridgehead atoms. The normalized spacial score (nSPS) is 30.9. The van der Waals surface area contributed by atoms with E-state index >= 15 is 0 Å². The molecule has 0 amide bonds. The molecule has 0 aromatic heterocycles. The summed E-state index contributed by atoms with van der Waals surface area (Å²) in [6.07, 6.45) is 6.92. The molecule has 1 aliphatic carbocycles. The number of carbonyl (C=O) groups is 1. The van der Waals surface area contributed by atoms with Crippen LogP contribution < -0.4 is 5.32 Å². The van der Waals surface area contributed by atoms with Crippen LogP contribution in [0.3, 0.4) is 0 Å². The number of allylic oxidation sites excluding steroid dienone is 5. The molecule has 0 aromatic carbocycles. The van der Waals surface area contributed by atoms with Crippen LogP contribution in [0.4, 0.5) is 4.39 Å². The number of halogens is 1. The van der Waals surface area contributed by atoms with Crippen molar-refractivity contribution in [1.82, 2.24) is 5.32 Å². The lowest BCUT2D eigenvalue weighted by atomic mass is 9.97. The van der Waals surface area contributed by atoms with Gasteiger partial charge in [0.2, 0.25) is 0 Å². The summed E-state index contributed by atoms with van der Waals surface area (Å²) in [7, 11) is 0. The van der Waals surface area contributed by atoms with Crippen LogP contribution >= 0.6 is 0 Å². The van der Waals surface area contributed by atoms with Crippen molar-refractivity contribution >= 4 is 5.78 Å². The van der Waals surface area contributed by atoms with Gasteiger partial charge in [-0.3, -0.25) is 4.79 Å². The van der Waals surface area contributed by atoms with E-state index in [9.17, 15) is 9.18 Å². The molecular formula is C11H12FNO. The Balaban J connectivity index is 2.44. The van der Waals surface area contributed by atoms with Crippen molar-refractivity contribution < 1.29 is 9.18 Å². The van der Waals surface area contributed by atoms with Crippen molar-refractivity contribution in [3.05, 3.63) is 35.3 Å². The molecule has 74 valence electrons. The Labute approximate surface area is 82.2 Å². The number of hydrogen-bond acceptors (Lipinski definition) is 2. The van der Waals surface area contributed by atoms with Crippen LogP contribution in [0.15, 0.2) is 35.3 Å². The van der Waals surface area contributed by atoms with Crippen molar-refractivity contribution in [2.45, 2.75) is 19.3 Å². The summed E-state index contributed by atoms with van der Waals surface area (Å²) in [5.41, 5.74) is 0.934. The third kappa shape index (κ3) is 1.62. The number of piperidine rings is 1. The van der Waals surface area contributed by atoms with Crippen molar-refractivity contribution in [2.24, 2.45) is 0 Å². The van der Waals surface area contributed by atoms with E-state index in [2.05, 4.69) is 5.32 Å². The lowest BCUT2D eigenvalue weighted by Crippen LogP contribution is -2.29. The molecule has 2 rings (SSSR count). The Hall–Kier alpha value is -1.38. The Morgan fingerprint density at radius 3 is 3.07 bits per heavy atom. The quantitative estimate of drug-likeness (QED) is 0.596. The average Bonchev–Trinajstić information content (AvgIpc) is 2.13. The minimum atomic E-state index is -0.315. The van der Waals surface area contributed by atoms with E-state index in [0.29, 0.717) is 18.7 Å². The zero-order valence-electron chi connectivity index (χ0n) is 7.85. The van der Waals surface area contributed by atoms with E-state index in [-0.39, 0.29) is 23.6 Å². The summed E-state index contributed by atoms with van der Waals surface area (Å²) >= 11 is 0. The molecule has 0 radical (unpaired) electrons. The molecule has 0 spiro atoms. The fourth-order valence-electron chi connectivity index (χ4n) is 1.72. The number of rotatable bonds is 0. The maximum atomic E-state index is 13.5. The largest absolute Gasteiger partial charge is 0.384 e. The van der Waals surface area contributed by atoms with Crippen LogP contribution in [0.1, 0.15) is 19.3 Å². The summed E-state index contributed by atoms with van der Waals surface area (Å²) in [5, 5.41) is 3.06. The second-order valence-electron chi connectivity index (χ2n) is 3.41. The number of Topliss-reactive ketones (excluding diaryl/α,β-unsaturated/α-hetero) is 1. The molecule has 1 saturated heterocycles. The van der Waals surface area contributed by atoms with Crippen LogP contribution in [0.5, 0.6) is 0 Å². The van der Waals surface area contributed by atoms with Crippen molar-refractivity contribution in [3.8, 4) is 0 Å². The van der Waals surface area contributed by atoms with E-state index in [0.717, 1.165) is 6.42 Å². The van der Waals surface area contributed by atoms with E-state index in [1.165, 1.54) is 0 Å². The molecule has 1 fully saturated rings. The summed E-state index contributed by atoms with van der Waals surface area (Å²) in [6, 6.07) is 0. The van der Waals surface area contributed by atoms with Gasteiger partial charge in [0.25, 0.3) is 0 Å². The van der Waals surface area contributed by atoms with E-state index in [4.69, 9.17) is 0 Å². The van der Waals surface area contributed by atoms with Gasteiger partial charge < -0.3 is 5.32 Å². The Kier molecular flexibility index (Phi) is 2.48. The molecule has 2 aliphatic rings. The summed E-state index contributed by atoms with van der Waals surface area (Å²) in [5.74, 6) is -0.396. The van der Waals surface area contributed by atoms with Gasteiger partial charge in [0.1, 0.15) is 5.83 Å². The van der Waals surface area contributed by atoms with Crippen molar-refractivity contribution in [3.63, 3.8) is 0 Å². The first-order chi connectivity index (χ1) is 6.79. The molecule has 2 nitrogen and oxygen atoms in total. The van der Waals surface area contributed by atoms with Gasteiger partial charge in [-0.05, 0) is 6.42 Å². The molecular weight excluding hydrogens is 181 g/mol. The maximum Gasteiger partial charge on any atom is 0.169 e. The molecule has 1 aliphatic heterocycles. The van der Waals surface area contributed by atoms with Crippen LogP contribution in [0.2, 0.25) is 0 Å². The number of nitrogens with one attached hydrogen (secondary N) is 1. The van der Waals surface area contributed by atoms with E-state index in [1.54, 1.807) is 6.08 Å². The molecule has 0 saturated carbocycles. The SMILES string of the molecule is O=C1CCN/C2=C/CC=CC/C(F)=C/12. The third-order valence-corrected chi connectivity index (χ3v) is 2.41. The molecule has 14 heavy (non-hydrogen) atoms. The van der Waals surface area contributed by atoms with Gasteiger partial charge in [-0.15, -0.1) is 0 Å². The van der Waals surface area contributed by atoms with Gasteiger partial charge in [-0.25, -0.2) is 4.39 Å². The predicted molar refractivity (Wildman–Crippen MR) is 52.2 cm³/mol. The summed E-state index contributed by atoms with van der Waals surface area (Å²) in [6.45, 7) is 0.616. The third-order valence-electron chi connectivity index (χ3n) is 2.41. The van der Waals surface area contributed by atoms with Gasteiger partial charge in [0.15, 0.2) is 5.78 Å². The first-order valence-electron chi connectivity index (χ1n) is 4.80. The molecule has 0 atom stereocenters. The van der Waals surface area contributed by atoms with Gasteiger partial charge in [0, 0.05) is 25.1 Å². The molecule has 0 aromatic rings. The highest BCUT2D eigenvalue weighted by Crippen LogP contribution is 2.24. The number of fused-ring (bicyclic) bond motifs is 1. The maximum absolute atomic E-state index is 13.5. The van der Waals surface area contributed by atoms with E-state index < -0.39 is 0 Å². The predicted octanol–water partition coefficient (Wildman–Crippen LogP) is 2.01. The highest BCUT2D eigenvalue weighted by atomic mass is 19.1. The average molecular weight is 193 g/mol. The second kappa shape index (κ2) is 3.78. The smallest absolute Gasteiger partial charge is 0.169 e. The number of hydrogen-bond donors (Lipinski definition) is 1. The Bertz CT molecular complexity index is 352. The summed E-state index contributed by atoms with van der Waals surface area (Å²) in [4.78, 5) is 11.5. The molecule has 3 heteroatoms. The van der Waals surface area contributed by atoms with Crippen molar-refractivity contribution in [2.75, 3.05) is 6.54 Å². The molecule has 1 heterocycles. The van der Waals surface area contributed by atoms with Gasteiger partial charge in [-0.1, -0.05) is 18.2 Å². The van der Waals surface area contributed by atoms with Crippen molar-refractivity contribution in [1.29, 1.82) is 0 Å². The minimum absolute atomic E-state index is 0.0807. The van der Waals surface area contributed by atoms with Crippen LogP contribution in [-0.2, 0) is 4.79 Å². The lowest BCUT2D eigenvalue weighted by Gasteiger charge is -2.20. The fourth-order valence-corrected chi connectivity index (χ4v) is 1.72. The monoisotopic (exact) mass is 193 g/mol. The van der Waals surface area contributed by atoms with E-state index in [1.807, 2.05) is 12.2 Å². The first kappa shape index (κ1) is 9.19. The highest BCUT2D eigenvalue weighted by molar-refractivity contribution is 6.01. The first-order valence-corrected chi connectivity index (χ1v) is 4.80. The minimum Gasteiger partial charge on any atom is -0.384 e. The Morgan fingerprint density at radius 2 is 2.21 bits per heavy atom. The molecule has 1 N–H and O–H groups in total. The number of ketones is 1. The number of carbonyl (C=O) groups excluding carboxylic acids is 1. The van der Waals surface area contributed by atoms with Crippen LogP contribution in [0.25, 0.3) is 0 Å². The standard InChI is InChI=1S/C11H12FNO/c12-8-4-2-1-3-5-9-11(8)10(14)6-7-13-9/h1-2,5,13H,3-4,6-7H2/b2-1?,9-5+,11-8-. The zero-order chi connectivity index (χ0) is 9.97. The van der Waals surface area contributed by atoms with Gasteiger partial charge >= 0.3 is 0 Å². The van der Waals surface area contributed by atoms with Crippen LogP contribution in [-0.4, -0.2) is 12.3 Å². The fraction of sp³-hybridized carbons (Fsp3) is 0.364. The topological polar surface area (TPSA) is 29.1 Å². The van der Waals surface area contributed by atoms with Gasteiger partial charge in [-0.2, -0.15) is 0 Å². The highest BCUT2D eigenvalue weighted by Gasteiger charge is 2.23. The lowest BCUT2D eigenvalue weighted by molar-refractivity contribution is -0.115. The molecule has 0 unspecified atom stereocenters. The Morgan fingerprint density at radius 1 is 1.36 bits per heavy atom. The van der Waals surface area contributed by atoms with Crippen LogP contribution in [0, 0.1) is 0 Å². The second-order valence-corrected chi connectivity index (χ2v) is 3.41.